The number of ether oxygens (including phenoxy) is 1. The molecule has 3 saturated heterocycles. The van der Waals surface area contributed by atoms with Crippen molar-refractivity contribution in [2.75, 3.05) is 19.7 Å². The third-order valence-corrected chi connectivity index (χ3v) is 6.86. The molecule has 1 N–H and O–H groups in total. The van der Waals surface area contributed by atoms with E-state index in [1.165, 1.54) is 5.56 Å². The van der Waals surface area contributed by atoms with E-state index in [4.69, 9.17) is 4.74 Å². The smallest absolute Gasteiger partial charge is 0.253 e. The van der Waals surface area contributed by atoms with Crippen molar-refractivity contribution in [3.63, 3.8) is 0 Å². The highest BCUT2D eigenvalue weighted by atomic mass is 16.5. The number of piperidine rings is 1. The summed E-state index contributed by atoms with van der Waals surface area (Å²) in [5.41, 5.74) is 4.18. The molecule has 4 aliphatic heterocycles. The predicted octanol–water partition coefficient (Wildman–Crippen LogP) is 3.79. The molecule has 2 amide bonds. The number of carbonyl (C=O) groups is 2. The molecule has 2 atom stereocenters. The van der Waals surface area contributed by atoms with E-state index in [-0.39, 0.29) is 23.8 Å². The molecule has 0 aliphatic carbocycles. The lowest BCUT2D eigenvalue weighted by Crippen LogP contribution is -2.43. The third kappa shape index (κ3) is 3.16. The van der Waals surface area contributed by atoms with Crippen molar-refractivity contribution in [2.45, 2.75) is 25.3 Å². The minimum Gasteiger partial charge on any atom is -0.492 e. The summed E-state index contributed by atoms with van der Waals surface area (Å²) < 4.78 is 5.87. The summed E-state index contributed by atoms with van der Waals surface area (Å²) >= 11 is 0. The molecule has 156 valence electrons. The summed E-state index contributed by atoms with van der Waals surface area (Å²) in [6, 6.07) is 18.6. The average Bonchev–Trinajstić information content (AvgIpc) is 3.11. The number of rotatable bonds is 2. The summed E-state index contributed by atoms with van der Waals surface area (Å²) in [4.78, 5) is 27.2. The van der Waals surface area contributed by atoms with Crippen molar-refractivity contribution >= 4 is 22.6 Å². The molecule has 0 spiro atoms. The zero-order chi connectivity index (χ0) is 20.9. The van der Waals surface area contributed by atoms with Crippen LogP contribution < -0.4 is 10.1 Å². The van der Waals surface area contributed by atoms with Crippen LogP contribution >= 0.6 is 0 Å². The lowest BCUT2D eigenvalue weighted by Gasteiger charge is -2.23. The van der Waals surface area contributed by atoms with Gasteiger partial charge in [-0.05, 0) is 52.9 Å². The van der Waals surface area contributed by atoms with Crippen molar-refractivity contribution in [2.24, 2.45) is 5.92 Å². The Balaban J connectivity index is 1.31. The molecule has 7 rings (SSSR count). The summed E-state index contributed by atoms with van der Waals surface area (Å²) in [5, 5.41) is 5.17. The van der Waals surface area contributed by atoms with Crippen LogP contribution in [0.15, 0.2) is 54.6 Å². The maximum absolute atomic E-state index is 13.2. The summed E-state index contributed by atoms with van der Waals surface area (Å²) in [5.74, 6) is 1.01. The Kier molecular flexibility index (Phi) is 4.23. The molecule has 4 heterocycles. The molecule has 5 heteroatoms. The van der Waals surface area contributed by atoms with Gasteiger partial charge in [-0.25, -0.2) is 0 Å². The van der Waals surface area contributed by atoms with Crippen molar-refractivity contribution < 1.29 is 14.3 Å². The summed E-state index contributed by atoms with van der Waals surface area (Å²) in [6.45, 7) is 1.85. The first-order valence-electron chi connectivity index (χ1n) is 11.0. The summed E-state index contributed by atoms with van der Waals surface area (Å²) in [7, 11) is 0. The van der Waals surface area contributed by atoms with Crippen molar-refractivity contribution in [3.05, 3.63) is 65.7 Å². The monoisotopic (exact) mass is 412 g/mol. The highest BCUT2D eigenvalue weighted by molar-refractivity contribution is 6.00. The number of nitrogens with zero attached hydrogens (tertiary/aromatic N) is 1. The molecule has 0 saturated carbocycles. The van der Waals surface area contributed by atoms with Crippen molar-refractivity contribution in [3.8, 4) is 16.9 Å². The Hall–Kier alpha value is -3.34. The first-order valence-corrected chi connectivity index (χ1v) is 11.0. The van der Waals surface area contributed by atoms with Crippen LogP contribution in [0.4, 0.5) is 0 Å². The first kappa shape index (κ1) is 18.4. The van der Waals surface area contributed by atoms with Crippen LogP contribution in [-0.4, -0.2) is 42.5 Å². The van der Waals surface area contributed by atoms with Gasteiger partial charge in [0, 0.05) is 36.7 Å². The van der Waals surface area contributed by atoms with Gasteiger partial charge < -0.3 is 15.0 Å². The Morgan fingerprint density at radius 1 is 1.00 bits per heavy atom. The number of hydrogen-bond acceptors (Lipinski definition) is 3. The molecule has 3 aromatic rings. The Bertz CT molecular complexity index is 1220. The molecule has 0 aromatic heterocycles. The second kappa shape index (κ2) is 7.12. The van der Waals surface area contributed by atoms with Gasteiger partial charge in [0.15, 0.2) is 0 Å². The van der Waals surface area contributed by atoms with Crippen LogP contribution in [-0.2, 0) is 11.2 Å². The van der Waals surface area contributed by atoms with Crippen LogP contribution in [0.2, 0.25) is 0 Å². The standard InChI is InChI=1S/C26H24N2O3/c29-25-21-8-9-22(27-25)15-28(14-21)26(30)20-7-5-17-12-19(6-4-18(17)13-20)23-3-1-2-16-10-11-31-24(16)23/h1-7,12-13,21-22H,8-11,14-15H2,(H,27,29)/t21-,22+/m1/s1. The van der Waals surface area contributed by atoms with Crippen LogP contribution in [0, 0.1) is 5.92 Å². The molecule has 2 bridgehead atoms. The minimum atomic E-state index is -0.0828. The van der Waals surface area contributed by atoms with E-state index < -0.39 is 0 Å². The van der Waals surface area contributed by atoms with Crippen molar-refractivity contribution in [1.82, 2.24) is 10.2 Å². The van der Waals surface area contributed by atoms with E-state index in [0.717, 1.165) is 53.5 Å². The summed E-state index contributed by atoms with van der Waals surface area (Å²) in [6.07, 6.45) is 2.78. The van der Waals surface area contributed by atoms with Crippen molar-refractivity contribution in [1.29, 1.82) is 0 Å². The Morgan fingerprint density at radius 2 is 1.87 bits per heavy atom. The second-order valence-electron chi connectivity index (χ2n) is 8.86. The van der Waals surface area contributed by atoms with E-state index in [1.54, 1.807) is 0 Å². The maximum atomic E-state index is 13.2. The number of para-hydroxylation sites is 1. The molecule has 0 radical (unpaired) electrons. The molecular weight excluding hydrogens is 388 g/mol. The fraction of sp³-hybridized carbons (Fsp3) is 0.308. The maximum Gasteiger partial charge on any atom is 0.253 e. The number of benzene rings is 3. The molecule has 5 nitrogen and oxygen atoms in total. The number of amides is 2. The number of hydrogen-bond donors (Lipinski definition) is 1. The van der Waals surface area contributed by atoms with Crippen LogP contribution in [0.3, 0.4) is 0 Å². The molecule has 3 aromatic carbocycles. The van der Waals surface area contributed by atoms with E-state index in [1.807, 2.05) is 23.1 Å². The van der Waals surface area contributed by atoms with Gasteiger partial charge in [0.25, 0.3) is 5.91 Å². The topological polar surface area (TPSA) is 58.6 Å². The fourth-order valence-electron chi connectivity index (χ4n) is 5.18. The highest BCUT2D eigenvalue weighted by Gasteiger charge is 2.36. The van der Waals surface area contributed by atoms with Gasteiger partial charge in [0.05, 0.1) is 12.5 Å². The number of nitrogens with one attached hydrogen (secondary N) is 1. The normalized spacial score (nSPS) is 22.1. The minimum absolute atomic E-state index is 0.00801. The van der Waals surface area contributed by atoms with Gasteiger partial charge in [-0.15, -0.1) is 0 Å². The second-order valence-corrected chi connectivity index (χ2v) is 8.86. The highest BCUT2D eigenvalue weighted by Crippen LogP contribution is 2.37. The van der Waals surface area contributed by atoms with Crippen LogP contribution in [0.1, 0.15) is 28.8 Å². The van der Waals surface area contributed by atoms with Gasteiger partial charge in [0.2, 0.25) is 5.91 Å². The van der Waals surface area contributed by atoms with Gasteiger partial charge >= 0.3 is 0 Å². The Morgan fingerprint density at radius 3 is 2.77 bits per heavy atom. The lowest BCUT2D eigenvalue weighted by atomic mass is 9.96. The number of carbonyl (C=O) groups excluding carboxylic acids is 2. The molecule has 3 fully saturated rings. The molecular formula is C26H24N2O3. The molecule has 4 aliphatic rings. The SMILES string of the molecule is O=C1N[C@H]2CC[C@@H]1CN(C(=O)c1ccc3cc(-c4cccc5c4OCC5)ccc3c1)C2. The Labute approximate surface area is 181 Å². The average molecular weight is 412 g/mol. The predicted molar refractivity (Wildman–Crippen MR) is 119 cm³/mol. The van der Waals surface area contributed by atoms with Gasteiger partial charge in [0.1, 0.15) is 5.75 Å². The number of fused-ring (bicyclic) bond motifs is 6. The zero-order valence-electron chi connectivity index (χ0n) is 17.3. The van der Waals surface area contributed by atoms with E-state index in [9.17, 15) is 9.59 Å². The van der Waals surface area contributed by atoms with Gasteiger partial charge in [-0.3, -0.25) is 9.59 Å². The third-order valence-electron chi connectivity index (χ3n) is 6.86. The largest absolute Gasteiger partial charge is 0.492 e. The lowest BCUT2D eigenvalue weighted by molar-refractivity contribution is -0.126. The van der Waals surface area contributed by atoms with Gasteiger partial charge in [-0.1, -0.05) is 36.4 Å². The van der Waals surface area contributed by atoms with Crippen LogP contribution in [0.25, 0.3) is 21.9 Å². The zero-order valence-corrected chi connectivity index (χ0v) is 17.3. The van der Waals surface area contributed by atoms with E-state index in [0.29, 0.717) is 18.7 Å². The quantitative estimate of drug-likeness (QED) is 0.697. The van der Waals surface area contributed by atoms with E-state index in [2.05, 4.69) is 41.7 Å². The first-order chi connectivity index (χ1) is 15.2. The van der Waals surface area contributed by atoms with Crippen LogP contribution in [0.5, 0.6) is 5.75 Å². The van der Waals surface area contributed by atoms with E-state index >= 15 is 0 Å². The van der Waals surface area contributed by atoms with Gasteiger partial charge in [-0.2, -0.15) is 0 Å². The fourth-order valence-corrected chi connectivity index (χ4v) is 5.18. The molecule has 31 heavy (non-hydrogen) atoms. The molecule has 0 unspecified atom stereocenters.